The largest absolute Gasteiger partial charge is 0.411 e. The Labute approximate surface area is 108 Å². The summed E-state index contributed by atoms with van der Waals surface area (Å²) in [5, 5.41) is 2.71. The van der Waals surface area contributed by atoms with Crippen LogP contribution in [0.2, 0.25) is 0 Å². The first-order chi connectivity index (χ1) is 8.78. The first kappa shape index (κ1) is 15.2. The van der Waals surface area contributed by atoms with Gasteiger partial charge < -0.3 is 20.7 Å². The van der Waals surface area contributed by atoms with Gasteiger partial charge in [-0.2, -0.15) is 28.1 Å². The van der Waals surface area contributed by atoms with Gasteiger partial charge in [0.05, 0.1) is 6.61 Å². The fourth-order valence-electron chi connectivity index (χ4n) is 1.08. The van der Waals surface area contributed by atoms with Crippen molar-refractivity contribution in [3.05, 3.63) is 0 Å². The van der Waals surface area contributed by atoms with E-state index in [0.29, 0.717) is 5.95 Å². The molecule has 0 aliphatic carbocycles. The lowest BCUT2D eigenvalue weighted by atomic mass is 10.6. The van der Waals surface area contributed by atoms with Crippen LogP contribution in [-0.2, 0) is 4.74 Å². The molecule has 7 nitrogen and oxygen atoms in total. The number of halogens is 3. The fourth-order valence-corrected chi connectivity index (χ4v) is 1.08. The molecule has 3 N–H and O–H groups in total. The minimum atomic E-state index is -4.32. The van der Waals surface area contributed by atoms with Gasteiger partial charge in [0.2, 0.25) is 17.8 Å². The average molecular weight is 280 g/mol. The van der Waals surface area contributed by atoms with Crippen molar-refractivity contribution in [2.45, 2.75) is 6.18 Å². The summed E-state index contributed by atoms with van der Waals surface area (Å²) in [6.07, 6.45) is -4.32. The second kappa shape index (κ2) is 6.36. The zero-order valence-corrected chi connectivity index (χ0v) is 10.5. The van der Waals surface area contributed by atoms with Crippen LogP contribution in [0.4, 0.5) is 31.0 Å². The Morgan fingerprint density at radius 2 is 1.95 bits per heavy atom. The lowest BCUT2D eigenvalue weighted by molar-refractivity contribution is -0.172. The molecule has 0 radical (unpaired) electrons. The molecular formula is C9H15F3N6O. The molecule has 0 atom stereocenters. The van der Waals surface area contributed by atoms with Gasteiger partial charge in [-0.05, 0) is 0 Å². The molecule has 0 saturated carbocycles. The SMILES string of the molecule is CN(C)c1nc(N)nc(NCCOCC(F)(F)F)n1. The van der Waals surface area contributed by atoms with Crippen molar-refractivity contribution in [1.29, 1.82) is 0 Å². The molecule has 19 heavy (non-hydrogen) atoms. The van der Waals surface area contributed by atoms with Crippen molar-refractivity contribution in [2.75, 3.05) is 49.8 Å². The molecule has 1 aromatic rings. The highest BCUT2D eigenvalue weighted by Gasteiger charge is 2.27. The third kappa shape index (κ3) is 6.04. The number of nitrogens with one attached hydrogen (secondary N) is 1. The van der Waals surface area contributed by atoms with Crippen LogP contribution in [-0.4, -0.2) is 55.0 Å². The van der Waals surface area contributed by atoms with Gasteiger partial charge in [0.25, 0.3) is 0 Å². The van der Waals surface area contributed by atoms with Crippen LogP contribution in [0.15, 0.2) is 0 Å². The predicted octanol–water partition coefficient (Wildman–Crippen LogP) is 0.511. The maximum atomic E-state index is 11.8. The lowest BCUT2D eigenvalue weighted by Gasteiger charge is -2.12. The van der Waals surface area contributed by atoms with E-state index in [4.69, 9.17) is 5.73 Å². The minimum Gasteiger partial charge on any atom is -0.370 e. The van der Waals surface area contributed by atoms with E-state index < -0.39 is 12.8 Å². The molecule has 1 heterocycles. The number of nitrogens with zero attached hydrogens (tertiary/aromatic N) is 4. The van der Waals surface area contributed by atoms with Crippen molar-refractivity contribution in [3.8, 4) is 0 Å². The van der Waals surface area contributed by atoms with Crippen molar-refractivity contribution >= 4 is 17.8 Å². The second-order valence-corrected chi connectivity index (χ2v) is 3.81. The monoisotopic (exact) mass is 280 g/mol. The summed E-state index contributed by atoms with van der Waals surface area (Å²) in [7, 11) is 3.45. The molecule has 0 amide bonds. The number of alkyl halides is 3. The molecule has 1 rings (SSSR count). The summed E-state index contributed by atoms with van der Waals surface area (Å²) in [6, 6.07) is 0. The number of anilines is 3. The molecule has 0 aromatic carbocycles. The number of nitrogens with two attached hydrogens (primary N) is 1. The van der Waals surface area contributed by atoms with Gasteiger partial charge >= 0.3 is 6.18 Å². The van der Waals surface area contributed by atoms with Crippen LogP contribution in [0.25, 0.3) is 0 Å². The standard InChI is InChI=1S/C9H15F3N6O/c1-18(2)8-16-6(13)15-7(17-8)14-3-4-19-5-9(10,11)12/h3-5H2,1-2H3,(H3,13,14,15,16,17). The maximum Gasteiger partial charge on any atom is 0.411 e. The molecule has 0 aliphatic rings. The number of ether oxygens (including phenoxy) is 1. The van der Waals surface area contributed by atoms with Crippen molar-refractivity contribution in [3.63, 3.8) is 0 Å². The molecule has 0 unspecified atom stereocenters. The third-order valence-electron chi connectivity index (χ3n) is 1.84. The number of hydrogen-bond donors (Lipinski definition) is 2. The van der Waals surface area contributed by atoms with Crippen LogP contribution in [0.1, 0.15) is 0 Å². The summed E-state index contributed by atoms with van der Waals surface area (Å²) in [5.74, 6) is 0.565. The van der Waals surface area contributed by atoms with E-state index in [-0.39, 0.29) is 25.0 Å². The van der Waals surface area contributed by atoms with Gasteiger partial charge in [0.1, 0.15) is 6.61 Å². The third-order valence-corrected chi connectivity index (χ3v) is 1.84. The van der Waals surface area contributed by atoms with Gasteiger partial charge in [-0.3, -0.25) is 0 Å². The van der Waals surface area contributed by atoms with E-state index in [1.165, 1.54) is 0 Å². The zero-order valence-electron chi connectivity index (χ0n) is 10.5. The Morgan fingerprint density at radius 1 is 1.26 bits per heavy atom. The predicted molar refractivity (Wildman–Crippen MR) is 63.9 cm³/mol. The normalized spacial score (nSPS) is 11.4. The van der Waals surface area contributed by atoms with Crippen molar-refractivity contribution in [1.82, 2.24) is 15.0 Å². The van der Waals surface area contributed by atoms with Gasteiger partial charge in [0, 0.05) is 20.6 Å². The highest BCUT2D eigenvalue weighted by atomic mass is 19.4. The lowest BCUT2D eigenvalue weighted by Crippen LogP contribution is -2.21. The second-order valence-electron chi connectivity index (χ2n) is 3.81. The summed E-state index contributed by atoms with van der Waals surface area (Å²) >= 11 is 0. The highest BCUT2D eigenvalue weighted by Crippen LogP contribution is 2.14. The van der Waals surface area contributed by atoms with Gasteiger partial charge in [-0.15, -0.1) is 0 Å². The average Bonchev–Trinajstić information content (AvgIpc) is 2.26. The Morgan fingerprint density at radius 3 is 2.53 bits per heavy atom. The number of hydrogen-bond acceptors (Lipinski definition) is 7. The van der Waals surface area contributed by atoms with Crippen LogP contribution < -0.4 is 16.0 Å². The molecule has 108 valence electrons. The Bertz CT molecular complexity index is 411. The summed E-state index contributed by atoms with van der Waals surface area (Å²) in [6.45, 7) is -1.27. The summed E-state index contributed by atoms with van der Waals surface area (Å²) < 4.78 is 39.8. The van der Waals surface area contributed by atoms with Crippen molar-refractivity contribution in [2.24, 2.45) is 0 Å². The Hall–Kier alpha value is -1.84. The van der Waals surface area contributed by atoms with E-state index in [2.05, 4.69) is 25.0 Å². The maximum absolute atomic E-state index is 11.8. The van der Waals surface area contributed by atoms with E-state index in [1.807, 2.05) is 0 Å². The van der Waals surface area contributed by atoms with Crippen LogP contribution >= 0.6 is 0 Å². The quantitative estimate of drug-likeness (QED) is 0.734. The van der Waals surface area contributed by atoms with Crippen LogP contribution in [0.3, 0.4) is 0 Å². The van der Waals surface area contributed by atoms with Crippen LogP contribution in [0.5, 0.6) is 0 Å². The van der Waals surface area contributed by atoms with E-state index in [9.17, 15) is 13.2 Å². The molecule has 0 aliphatic heterocycles. The molecule has 0 spiro atoms. The van der Waals surface area contributed by atoms with Gasteiger partial charge in [0.15, 0.2) is 0 Å². The topological polar surface area (TPSA) is 89.2 Å². The summed E-state index contributed by atoms with van der Waals surface area (Å²) in [4.78, 5) is 13.3. The van der Waals surface area contributed by atoms with E-state index >= 15 is 0 Å². The molecule has 10 heteroatoms. The fraction of sp³-hybridized carbons (Fsp3) is 0.667. The van der Waals surface area contributed by atoms with E-state index in [1.54, 1.807) is 19.0 Å². The minimum absolute atomic E-state index is 0.0254. The number of aromatic nitrogens is 3. The molecule has 0 bridgehead atoms. The number of rotatable bonds is 6. The number of nitrogen functional groups attached to an aromatic ring is 1. The van der Waals surface area contributed by atoms with Gasteiger partial charge in [-0.1, -0.05) is 0 Å². The Balaban J connectivity index is 2.41. The van der Waals surface area contributed by atoms with Crippen molar-refractivity contribution < 1.29 is 17.9 Å². The zero-order chi connectivity index (χ0) is 14.5. The smallest absolute Gasteiger partial charge is 0.370 e. The molecule has 0 saturated heterocycles. The molecule has 0 fully saturated rings. The first-order valence-corrected chi connectivity index (χ1v) is 5.35. The summed E-state index contributed by atoms with van der Waals surface area (Å²) in [5.41, 5.74) is 5.48. The molecule has 1 aromatic heterocycles. The highest BCUT2D eigenvalue weighted by molar-refractivity contribution is 5.40. The first-order valence-electron chi connectivity index (χ1n) is 5.35. The molecular weight excluding hydrogens is 265 g/mol. The van der Waals surface area contributed by atoms with E-state index in [0.717, 1.165) is 0 Å². The van der Waals surface area contributed by atoms with Crippen LogP contribution in [0, 0.1) is 0 Å². The Kier molecular flexibility index (Phi) is 5.10. The van der Waals surface area contributed by atoms with Gasteiger partial charge in [-0.25, -0.2) is 0 Å².